The predicted octanol–water partition coefficient (Wildman–Crippen LogP) is 5.16. The molecule has 0 aliphatic carbocycles. The summed E-state index contributed by atoms with van der Waals surface area (Å²) >= 11 is 0. The third-order valence-electron chi connectivity index (χ3n) is 4.12. The lowest BCUT2D eigenvalue weighted by Gasteiger charge is -2.07. The van der Waals surface area contributed by atoms with Crippen molar-refractivity contribution in [2.75, 3.05) is 0 Å². The Balaban J connectivity index is 1.74. The summed E-state index contributed by atoms with van der Waals surface area (Å²) < 4.78 is 11.3. The maximum Gasteiger partial charge on any atom is 0.311 e. The molecule has 0 aliphatic heterocycles. The zero-order valence-electron chi connectivity index (χ0n) is 14.0. The van der Waals surface area contributed by atoms with Crippen molar-refractivity contribution in [1.29, 1.82) is 0 Å². The Morgan fingerprint density at radius 2 is 1.67 bits per heavy atom. The van der Waals surface area contributed by atoms with E-state index in [2.05, 4.69) is 0 Å². The van der Waals surface area contributed by atoms with E-state index in [1.165, 1.54) is 18.4 Å². The first-order valence-corrected chi connectivity index (χ1v) is 8.16. The lowest BCUT2D eigenvalue weighted by Crippen LogP contribution is -2.04. The number of fused-ring (bicyclic) bond motifs is 1. The minimum absolute atomic E-state index is 0.116. The second-order valence-electron chi connectivity index (χ2n) is 5.83. The van der Waals surface area contributed by atoms with Crippen molar-refractivity contribution < 1.29 is 14.1 Å². The Morgan fingerprint density at radius 3 is 2.44 bits per heavy atom. The van der Waals surface area contributed by atoms with Crippen molar-refractivity contribution in [3.05, 3.63) is 99.4 Å². The lowest BCUT2D eigenvalue weighted by molar-refractivity contribution is -0.385. The molecule has 0 aliphatic rings. The molecule has 4 rings (SSSR count). The van der Waals surface area contributed by atoms with Gasteiger partial charge in [0.05, 0.1) is 15.9 Å². The van der Waals surface area contributed by atoms with E-state index in [0.29, 0.717) is 22.3 Å². The number of rotatable bonds is 4. The summed E-state index contributed by atoms with van der Waals surface area (Å²) in [6, 6.07) is 20.1. The molecule has 0 radical (unpaired) electrons. The van der Waals surface area contributed by atoms with E-state index >= 15 is 0 Å². The van der Waals surface area contributed by atoms with Crippen LogP contribution in [-0.4, -0.2) is 4.92 Å². The van der Waals surface area contributed by atoms with Gasteiger partial charge in [-0.15, -0.1) is 0 Å². The van der Waals surface area contributed by atoms with Crippen LogP contribution in [-0.2, 0) is 0 Å². The largest absolute Gasteiger partial charge is 0.463 e. The molecule has 0 unspecified atom stereocenters. The Labute approximate surface area is 153 Å². The molecule has 1 aromatic heterocycles. The van der Waals surface area contributed by atoms with Gasteiger partial charge in [0.15, 0.2) is 5.43 Å². The van der Waals surface area contributed by atoms with Crippen molar-refractivity contribution in [3.63, 3.8) is 0 Å². The fraction of sp³-hybridized carbons (Fsp3) is 0. The third-order valence-corrected chi connectivity index (χ3v) is 4.12. The van der Waals surface area contributed by atoms with Gasteiger partial charge in [-0.1, -0.05) is 42.5 Å². The molecule has 6 nitrogen and oxygen atoms in total. The van der Waals surface area contributed by atoms with Crippen LogP contribution in [0.1, 0.15) is 0 Å². The molecule has 6 heteroatoms. The molecule has 0 saturated heterocycles. The van der Waals surface area contributed by atoms with Crippen LogP contribution in [0.2, 0.25) is 0 Å². The fourth-order valence-electron chi connectivity index (χ4n) is 2.81. The van der Waals surface area contributed by atoms with E-state index < -0.39 is 4.92 Å². The minimum Gasteiger partial charge on any atom is -0.463 e. The highest BCUT2D eigenvalue weighted by atomic mass is 16.6. The normalized spacial score (nSPS) is 10.7. The zero-order chi connectivity index (χ0) is 18.8. The molecule has 0 saturated carbocycles. The van der Waals surface area contributed by atoms with Crippen LogP contribution in [0.3, 0.4) is 0 Å². The smallest absolute Gasteiger partial charge is 0.311 e. The van der Waals surface area contributed by atoms with Crippen LogP contribution in [0, 0.1) is 10.1 Å². The van der Waals surface area contributed by atoms with Crippen LogP contribution in [0.25, 0.3) is 22.1 Å². The average Bonchev–Trinajstić information content (AvgIpc) is 2.69. The van der Waals surface area contributed by atoms with Crippen molar-refractivity contribution in [1.82, 2.24) is 0 Å². The molecule has 0 fully saturated rings. The van der Waals surface area contributed by atoms with Gasteiger partial charge in [-0.2, -0.15) is 0 Å². The number of nitrogens with zero attached hydrogens (tertiary/aromatic N) is 1. The summed E-state index contributed by atoms with van der Waals surface area (Å²) in [5, 5.41) is 11.5. The van der Waals surface area contributed by atoms with Crippen molar-refractivity contribution in [2.45, 2.75) is 0 Å². The molecule has 0 spiro atoms. The second-order valence-corrected chi connectivity index (χ2v) is 5.83. The molecule has 0 amide bonds. The molecule has 1 heterocycles. The van der Waals surface area contributed by atoms with Crippen LogP contribution in [0.4, 0.5) is 5.69 Å². The van der Waals surface area contributed by atoms with Crippen LogP contribution < -0.4 is 10.2 Å². The van der Waals surface area contributed by atoms with Gasteiger partial charge in [0.2, 0.25) is 5.75 Å². The molecule has 0 bridgehead atoms. The molecular weight excluding hydrogens is 346 g/mol. The third kappa shape index (κ3) is 3.16. The van der Waals surface area contributed by atoms with Gasteiger partial charge in [-0.05, 0) is 23.8 Å². The Hall–Kier alpha value is -3.93. The van der Waals surface area contributed by atoms with Crippen LogP contribution in [0.5, 0.6) is 11.5 Å². The van der Waals surface area contributed by atoms with Gasteiger partial charge in [-0.25, -0.2) is 0 Å². The Bertz CT molecular complexity index is 1200. The van der Waals surface area contributed by atoms with E-state index in [4.69, 9.17) is 9.15 Å². The predicted molar refractivity (Wildman–Crippen MR) is 101 cm³/mol. The minimum atomic E-state index is -0.511. The van der Waals surface area contributed by atoms with Gasteiger partial charge >= 0.3 is 5.69 Å². The summed E-state index contributed by atoms with van der Waals surface area (Å²) in [6.45, 7) is 0. The van der Waals surface area contributed by atoms with E-state index in [-0.39, 0.29) is 16.9 Å². The number of hydrogen-bond acceptors (Lipinski definition) is 5. The SMILES string of the molecule is O=c1c(-c2ccccc2)coc2cc(Oc3ccccc3[N+](=O)[O-])ccc12. The summed E-state index contributed by atoms with van der Waals surface area (Å²) in [5.74, 6) is 0.456. The summed E-state index contributed by atoms with van der Waals surface area (Å²) in [7, 11) is 0. The van der Waals surface area contributed by atoms with E-state index in [0.717, 1.165) is 5.56 Å². The highest BCUT2D eigenvalue weighted by Gasteiger charge is 2.15. The van der Waals surface area contributed by atoms with Gasteiger partial charge in [0.1, 0.15) is 17.6 Å². The number of ether oxygens (including phenoxy) is 1. The van der Waals surface area contributed by atoms with Crippen molar-refractivity contribution in [3.8, 4) is 22.6 Å². The maximum atomic E-state index is 12.8. The molecule has 132 valence electrons. The lowest BCUT2D eigenvalue weighted by atomic mass is 10.1. The highest BCUT2D eigenvalue weighted by molar-refractivity contribution is 5.82. The monoisotopic (exact) mass is 359 g/mol. The molecule has 0 N–H and O–H groups in total. The molecule has 27 heavy (non-hydrogen) atoms. The second kappa shape index (κ2) is 6.76. The molecular formula is C21H13NO5. The Kier molecular flexibility index (Phi) is 4.14. The standard InChI is InChI=1S/C21H13NO5/c23-21-16-11-10-15(27-19-9-5-4-8-18(19)22(24)25)12-20(16)26-13-17(21)14-6-2-1-3-7-14/h1-13H. The van der Waals surface area contributed by atoms with E-state index in [1.54, 1.807) is 30.3 Å². The summed E-state index contributed by atoms with van der Waals surface area (Å²) in [6.07, 6.45) is 1.41. The molecule has 4 aromatic rings. The van der Waals surface area contributed by atoms with E-state index in [1.807, 2.05) is 30.3 Å². The Morgan fingerprint density at radius 1 is 0.926 bits per heavy atom. The zero-order valence-corrected chi connectivity index (χ0v) is 14.0. The number of benzene rings is 3. The number of nitro benzene ring substituents is 1. The van der Waals surface area contributed by atoms with Crippen molar-refractivity contribution in [2.24, 2.45) is 0 Å². The number of nitro groups is 1. The molecule has 0 atom stereocenters. The van der Waals surface area contributed by atoms with Gasteiger partial charge < -0.3 is 9.15 Å². The topological polar surface area (TPSA) is 82.6 Å². The molecule has 3 aromatic carbocycles. The maximum absolute atomic E-state index is 12.8. The summed E-state index contributed by atoms with van der Waals surface area (Å²) in [5.41, 5.74) is 1.29. The van der Waals surface area contributed by atoms with E-state index in [9.17, 15) is 14.9 Å². The van der Waals surface area contributed by atoms with Crippen LogP contribution >= 0.6 is 0 Å². The van der Waals surface area contributed by atoms with Gasteiger partial charge in [-0.3, -0.25) is 14.9 Å². The first-order chi connectivity index (χ1) is 13.1. The first-order valence-electron chi connectivity index (χ1n) is 8.16. The highest BCUT2D eigenvalue weighted by Crippen LogP contribution is 2.32. The number of para-hydroxylation sites is 2. The van der Waals surface area contributed by atoms with Gasteiger partial charge in [0.25, 0.3) is 0 Å². The summed E-state index contributed by atoms with van der Waals surface area (Å²) in [4.78, 5) is 23.3. The quantitative estimate of drug-likeness (QED) is 0.371. The average molecular weight is 359 g/mol. The van der Waals surface area contributed by atoms with Gasteiger partial charge in [0, 0.05) is 12.1 Å². The van der Waals surface area contributed by atoms with Crippen LogP contribution in [0.15, 0.2) is 88.3 Å². The van der Waals surface area contributed by atoms with Crippen molar-refractivity contribution >= 4 is 16.7 Å². The fourth-order valence-corrected chi connectivity index (χ4v) is 2.81. The first kappa shape index (κ1) is 16.5. The number of hydrogen-bond donors (Lipinski definition) is 0.